The molecule has 4 N–H and O–H groups in total. The Labute approximate surface area is 128 Å². The van der Waals surface area contributed by atoms with Gasteiger partial charge in [-0.15, -0.1) is 0 Å². The van der Waals surface area contributed by atoms with E-state index in [1.165, 1.54) is 20.9 Å². The second-order valence-corrected chi connectivity index (χ2v) is 7.33. The van der Waals surface area contributed by atoms with Gasteiger partial charge < -0.3 is 11.5 Å². The molecule has 0 spiro atoms. The van der Waals surface area contributed by atoms with Crippen molar-refractivity contribution in [3.8, 4) is 0 Å². The van der Waals surface area contributed by atoms with Gasteiger partial charge in [0.25, 0.3) is 0 Å². The minimum Gasteiger partial charge on any atom is -0.398 e. The third kappa shape index (κ3) is 3.25. The van der Waals surface area contributed by atoms with E-state index in [9.17, 15) is 0 Å². The first-order valence-corrected chi connectivity index (χ1v) is 8.61. The van der Waals surface area contributed by atoms with Gasteiger partial charge in [0.15, 0.2) is 0 Å². The molecule has 0 aliphatic carbocycles. The van der Waals surface area contributed by atoms with E-state index >= 15 is 0 Å². The van der Waals surface area contributed by atoms with Gasteiger partial charge >= 0.3 is 0 Å². The Balaban J connectivity index is 2.21. The molecule has 0 saturated heterocycles. The lowest BCUT2D eigenvalue weighted by Gasteiger charge is -2.11. The molecule has 2 nitrogen and oxygen atoms in total. The summed E-state index contributed by atoms with van der Waals surface area (Å²) >= 11 is 0. The van der Waals surface area contributed by atoms with Crippen LogP contribution in [0.3, 0.4) is 0 Å². The van der Waals surface area contributed by atoms with Crippen LogP contribution in [0.2, 0.25) is 0 Å². The van der Waals surface area contributed by atoms with Crippen LogP contribution in [0.25, 0.3) is 0 Å². The molecule has 4 heteroatoms. The average molecular weight is 304 g/mol. The minimum absolute atomic E-state index is 0.846. The summed E-state index contributed by atoms with van der Waals surface area (Å²) in [7, 11) is 3.47. The smallest absolute Gasteiger partial charge is 0.0355 e. The monoisotopic (exact) mass is 304 g/mol. The number of anilines is 2. The molecule has 20 heavy (non-hydrogen) atoms. The van der Waals surface area contributed by atoms with Crippen molar-refractivity contribution >= 4 is 33.0 Å². The number of hydrogen-bond donors (Lipinski definition) is 2. The molecule has 0 atom stereocenters. The summed E-state index contributed by atoms with van der Waals surface area (Å²) in [6.07, 6.45) is 0. The molecule has 0 aliphatic rings. The maximum atomic E-state index is 5.99. The molecule has 0 bridgehead atoms. The van der Waals surface area contributed by atoms with Crippen LogP contribution >= 0.6 is 21.6 Å². The second kappa shape index (κ2) is 6.02. The van der Waals surface area contributed by atoms with Crippen LogP contribution in [-0.4, -0.2) is 0 Å². The largest absolute Gasteiger partial charge is 0.398 e. The number of nitrogen functional groups attached to an aromatic ring is 2. The summed E-state index contributed by atoms with van der Waals surface area (Å²) in [6.45, 7) is 8.31. The molecule has 106 valence electrons. The quantitative estimate of drug-likeness (QED) is 0.626. The van der Waals surface area contributed by atoms with Crippen LogP contribution in [0.5, 0.6) is 0 Å². The van der Waals surface area contributed by atoms with Crippen LogP contribution in [0.4, 0.5) is 11.4 Å². The normalized spacial score (nSPS) is 10.8. The van der Waals surface area contributed by atoms with Crippen LogP contribution in [0.15, 0.2) is 34.1 Å². The Bertz CT molecular complexity index is 594. The Hall–Kier alpha value is -1.26. The average Bonchev–Trinajstić information content (AvgIpc) is 2.37. The zero-order valence-corrected chi connectivity index (χ0v) is 13.9. The van der Waals surface area contributed by atoms with Crippen molar-refractivity contribution in [1.82, 2.24) is 0 Å². The van der Waals surface area contributed by atoms with E-state index in [1.54, 1.807) is 21.6 Å². The summed E-state index contributed by atoms with van der Waals surface area (Å²) in [4.78, 5) is 2.41. The molecule has 2 aromatic rings. The zero-order valence-electron chi connectivity index (χ0n) is 12.3. The summed E-state index contributed by atoms with van der Waals surface area (Å²) in [5.74, 6) is 0. The number of aryl methyl sites for hydroxylation is 4. The molecular formula is C16H20N2S2. The van der Waals surface area contributed by atoms with Gasteiger partial charge in [0.05, 0.1) is 0 Å². The summed E-state index contributed by atoms with van der Waals surface area (Å²) in [5.41, 5.74) is 18.4. The summed E-state index contributed by atoms with van der Waals surface area (Å²) < 4.78 is 0. The first kappa shape index (κ1) is 15.1. The van der Waals surface area contributed by atoms with Gasteiger partial charge in [-0.2, -0.15) is 0 Å². The molecule has 0 radical (unpaired) electrons. The Morgan fingerprint density at radius 2 is 0.950 bits per heavy atom. The van der Waals surface area contributed by atoms with Crippen LogP contribution in [0.1, 0.15) is 22.3 Å². The van der Waals surface area contributed by atoms with Gasteiger partial charge in [0.2, 0.25) is 0 Å². The molecule has 0 aliphatic heterocycles. The number of benzene rings is 2. The number of nitrogens with two attached hydrogens (primary N) is 2. The number of rotatable bonds is 3. The second-order valence-electron chi connectivity index (χ2n) is 5.12. The Kier molecular flexibility index (Phi) is 4.55. The lowest BCUT2D eigenvalue weighted by Crippen LogP contribution is -1.92. The van der Waals surface area contributed by atoms with Gasteiger partial charge in [-0.25, -0.2) is 0 Å². The molecule has 2 aromatic carbocycles. The SMILES string of the molecule is Cc1cc(C)c(SSc2cc(N)c(C)cc2C)cc1N. The highest BCUT2D eigenvalue weighted by Gasteiger charge is 2.07. The van der Waals surface area contributed by atoms with Crippen molar-refractivity contribution in [3.63, 3.8) is 0 Å². The van der Waals surface area contributed by atoms with Crippen LogP contribution in [0, 0.1) is 27.7 Å². The lowest BCUT2D eigenvalue weighted by molar-refractivity contribution is 1.27. The maximum Gasteiger partial charge on any atom is 0.0355 e. The van der Waals surface area contributed by atoms with Crippen molar-refractivity contribution in [1.29, 1.82) is 0 Å². The molecule has 0 saturated carbocycles. The predicted octanol–water partition coefficient (Wildman–Crippen LogP) is 4.88. The maximum absolute atomic E-state index is 5.99. The van der Waals surface area contributed by atoms with E-state index < -0.39 is 0 Å². The highest BCUT2D eigenvalue weighted by Crippen LogP contribution is 2.42. The standard InChI is InChI=1S/C16H20N2S2/c1-9-5-11(3)15(7-13(9)17)19-20-16-8-14(18)10(2)6-12(16)4/h5-8H,17-18H2,1-4H3. The van der Waals surface area contributed by atoms with E-state index in [1.807, 2.05) is 13.8 Å². The zero-order chi connectivity index (χ0) is 14.9. The molecule has 0 unspecified atom stereocenters. The van der Waals surface area contributed by atoms with Gasteiger partial charge in [0, 0.05) is 21.2 Å². The highest BCUT2D eigenvalue weighted by atomic mass is 33.1. The molecule has 0 amide bonds. The summed E-state index contributed by atoms with van der Waals surface area (Å²) in [5, 5.41) is 0. The predicted molar refractivity (Wildman–Crippen MR) is 92.4 cm³/mol. The molecule has 0 heterocycles. The van der Waals surface area contributed by atoms with Crippen LogP contribution in [-0.2, 0) is 0 Å². The van der Waals surface area contributed by atoms with Crippen LogP contribution < -0.4 is 11.5 Å². The molecule has 2 rings (SSSR count). The van der Waals surface area contributed by atoms with Crippen molar-refractivity contribution in [3.05, 3.63) is 46.5 Å². The fraction of sp³-hybridized carbons (Fsp3) is 0.250. The number of hydrogen-bond acceptors (Lipinski definition) is 4. The van der Waals surface area contributed by atoms with E-state index in [4.69, 9.17) is 11.5 Å². The van der Waals surface area contributed by atoms with E-state index in [2.05, 4.69) is 38.1 Å². The topological polar surface area (TPSA) is 52.0 Å². The molecule has 0 aromatic heterocycles. The van der Waals surface area contributed by atoms with Crippen molar-refractivity contribution < 1.29 is 0 Å². The van der Waals surface area contributed by atoms with E-state index in [0.717, 1.165) is 22.5 Å². The first-order valence-electron chi connectivity index (χ1n) is 6.46. The minimum atomic E-state index is 0.846. The Morgan fingerprint density at radius 3 is 1.30 bits per heavy atom. The van der Waals surface area contributed by atoms with Gasteiger partial charge in [-0.05, 0) is 62.1 Å². The van der Waals surface area contributed by atoms with Crippen molar-refractivity contribution in [2.45, 2.75) is 37.5 Å². The van der Waals surface area contributed by atoms with Crippen molar-refractivity contribution in [2.24, 2.45) is 0 Å². The molecule has 0 fully saturated rings. The third-order valence-electron chi connectivity index (χ3n) is 3.35. The van der Waals surface area contributed by atoms with Gasteiger partial charge in [-0.3, -0.25) is 0 Å². The fourth-order valence-corrected chi connectivity index (χ4v) is 4.49. The molecular weight excluding hydrogens is 284 g/mol. The fourth-order valence-electron chi connectivity index (χ4n) is 1.97. The van der Waals surface area contributed by atoms with Gasteiger partial charge in [0.1, 0.15) is 0 Å². The van der Waals surface area contributed by atoms with Crippen molar-refractivity contribution in [2.75, 3.05) is 11.5 Å². The third-order valence-corrected chi connectivity index (χ3v) is 6.00. The first-order chi connectivity index (χ1) is 9.38. The Morgan fingerprint density at radius 1 is 0.600 bits per heavy atom. The van der Waals surface area contributed by atoms with E-state index in [-0.39, 0.29) is 0 Å². The van der Waals surface area contributed by atoms with E-state index in [0.29, 0.717) is 0 Å². The lowest BCUT2D eigenvalue weighted by atomic mass is 10.1. The van der Waals surface area contributed by atoms with Gasteiger partial charge in [-0.1, -0.05) is 33.7 Å². The highest BCUT2D eigenvalue weighted by molar-refractivity contribution is 8.76. The summed E-state index contributed by atoms with van der Waals surface area (Å²) in [6, 6.07) is 8.37.